The quantitative estimate of drug-likeness (QED) is 0.637. The van der Waals surface area contributed by atoms with Crippen molar-refractivity contribution in [3.8, 4) is 17.2 Å². The smallest absolute Gasteiger partial charge is 0.172 e. The number of allylic oxidation sites excluding steroid dienone is 1. The van der Waals surface area contributed by atoms with Crippen LogP contribution < -0.4 is 9.47 Å². The van der Waals surface area contributed by atoms with Crippen LogP contribution in [0, 0.1) is 0 Å². The van der Waals surface area contributed by atoms with Crippen molar-refractivity contribution in [2.75, 3.05) is 0 Å². The molecule has 0 saturated heterocycles. The van der Waals surface area contributed by atoms with Crippen LogP contribution in [0.25, 0.3) is 0 Å². The van der Waals surface area contributed by atoms with Crippen molar-refractivity contribution in [3.05, 3.63) is 30.2 Å². The van der Waals surface area contributed by atoms with Gasteiger partial charge in [-0.25, -0.2) is 0 Å². The standard InChI is InChI=1S/C9H8O3/c1-6-5-11-9-4-7(10)2-3-8(9)12-6/h2-5,10H,1H3. The van der Waals surface area contributed by atoms with Crippen molar-refractivity contribution < 1.29 is 14.6 Å². The molecule has 0 amide bonds. The van der Waals surface area contributed by atoms with E-state index in [9.17, 15) is 0 Å². The molecule has 12 heavy (non-hydrogen) atoms. The van der Waals surface area contributed by atoms with Gasteiger partial charge in [-0.15, -0.1) is 0 Å². The van der Waals surface area contributed by atoms with Gasteiger partial charge < -0.3 is 14.6 Å². The molecule has 0 fully saturated rings. The Morgan fingerprint density at radius 1 is 1.25 bits per heavy atom. The molecule has 0 radical (unpaired) electrons. The van der Waals surface area contributed by atoms with Gasteiger partial charge in [0.2, 0.25) is 0 Å². The molecule has 62 valence electrons. The van der Waals surface area contributed by atoms with Crippen molar-refractivity contribution in [2.24, 2.45) is 0 Å². The summed E-state index contributed by atoms with van der Waals surface area (Å²) in [6, 6.07) is 4.74. The Labute approximate surface area is 69.9 Å². The summed E-state index contributed by atoms with van der Waals surface area (Å²) >= 11 is 0. The lowest BCUT2D eigenvalue weighted by Crippen LogP contribution is -2.01. The molecule has 2 rings (SSSR count). The highest BCUT2D eigenvalue weighted by molar-refractivity contribution is 5.47. The first-order valence-corrected chi connectivity index (χ1v) is 3.60. The van der Waals surface area contributed by atoms with E-state index < -0.39 is 0 Å². The molecular formula is C9H8O3. The first-order chi connectivity index (χ1) is 5.75. The summed E-state index contributed by atoms with van der Waals surface area (Å²) < 4.78 is 10.5. The number of hydrogen-bond acceptors (Lipinski definition) is 3. The molecule has 1 aliphatic heterocycles. The third kappa shape index (κ3) is 1.09. The normalized spacial score (nSPS) is 13.9. The molecular weight excluding hydrogens is 156 g/mol. The van der Waals surface area contributed by atoms with Gasteiger partial charge in [0.25, 0.3) is 0 Å². The maximum Gasteiger partial charge on any atom is 0.172 e. The van der Waals surface area contributed by atoms with Gasteiger partial charge in [0, 0.05) is 6.07 Å². The number of fused-ring (bicyclic) bond motifs is 1. The summed E-state index contributed by atoms with van der Waals surface area (Å²) in [5.41, 5.74) is 0. The number of phenolic OH excluding ortho intramolecular Hbond substituents is 1. The summed E-state index contributed by atoms with van der Waals surface area (Å²) in [6.07, 6.45) is 1.50. The first kappa shape index (κ1) is 7.03. The molecule has 0 unspecified atom stereocenters. The minimum Gasteiger partial charge on any atom is -0.508 e. The predicted octanol–water partition coefficient (Wildman–Crippen LogP) is 2.02. The van der Waals surface area contributed by atoms with Crippen LogP contribution in [0.15, 0.2) is 30.2 Å². The van der Waals surface area contributed by atoms with E-state index in [0.717, 1.165) is 0 Å². The van der Waals surface area contributed by atoms with Crippen LogP contribution >= 0.6 is 0 Å². The number of aromatic hydroxyl groups is 1. The van der Waals surface area contributed by atoms with Gasteiger partial charge in [0.05, 0.1) is 0 Å². The van der Waals surface area contributed by atoms with Crippen molar-refractivity contribution >= 4 is 0 Å². The molecule has 1 heterocycles. The van der Waals surface area contributed by atoms with Gasteiger partial charge in [-0.1, -0.05) is 0 Å². The fourth-order valence-corrected chi connectivity index (χ4v) is 1.02. The highest BCUT2D eigenvalue weighted by atomic mass is 16.6. The Morgan fingerprint density at radius 2 is 2.08 bits per heavy atom. The molecule has 0 spiro atoms. The molecule has 0 bridgehead atoms. The second-order valence-corrected chi connectivity index (χ2v) is 2.58. The maximum atomic E-state index is 9.10. The van der Waals surface area contributed by atoms with Gasteiger partial charge >= 0.3 is 0 Å². The topological polar surface area (TPSA) is 38.7 Å². The minimum atomic E-state index is 0.172. The van der Waals surface area contributed by atoms with Gasteiger partial charge in [-0.05, 0) is 19.1 Å². The van der Waals surface area contributed by atoms with Crippen molar-refractivity contribution in [1.82, 2.24) is 0 Å². The summed E-state index contributed by atoms with van der Waals surface area (Å²) in [7, 11) is 0. The van der Waals surface area contributed by atoms with E-state index in [1.807, 2.05) is 0 Å². The van der Waals surface area contributed by atoms with E-state index in [4.69, 9.17) is 14.6 Å². The fraction of sp³-hybridized carbons (Fsp3) is 0.111. The molecule has 0 aliphatic carbocycles. The second kappa shape index (κ2) is 2.44. The van der Waals surface area contributed by atoms with E-state index in [-0.39, 0.29) is 5.75 Å². The molecule has 0 atom stereocenters. The first-order valence-electron chi connectivity index (χ1n) is 3.60. The molecule has 0 saturated carbocycles. The predicted molar refractivity (Wildman–Crippen MR) is 43.1 cm³/mol. The van der Waals surface area contributed by atoms with E-state index in [1.165, 1.54) is 12.3 Å². The van der Waals surface area contributed by atoms with Crippen LogP contribution in [0.5, 0.6) is 17.2 Å². The number of benzene rings is 1. The lowest BCUT2D eigenvalue weighted by molar-refractivity contribution is 0.325. The van der Waals surface area contributed by atoms with Crippen LogP contribution in [-0.2, 0) is 0 Å². The molecule has 1 N–H and O–H groups in total. The highest BCUT2D eigenvalue weighted by Crippen LogP contribution is 2.34. The number of ether oxygens (including phenoxy) is 2. The number of phenols is 1. The van der Waals surface area contributed by atoms with E-state index in [2.05, 4.69) is 0 Å². The lowest BCUT2D eigenvalue weighted by Gasteiger charge is -2.15. The zero-order valence-electron chi connectivity index (χ0n) is 6.57. The minimum absolute atomic E-state index is 0.172. The van der Waals surface area contributed by atoms with E-state index in [1.54, 1.807) is 19.1 Å². The van der Waals surface area contributed by atoms with Crippen LogP contribution in [0.3, 0.4) is 0 Å². The Bertz CT molecular complexity index is 342. The van der Waals surface area contributed by atoms with Gasteiger partial charge in [0.15, 0.2) is 11.5 Å². The molecule has 3 nitrogen and oxygen atoms in total. The average Bonchev–Trinajstić information content (AvgIpc) is 2.05. The Hall–Kier alpha value is -1.64. The van der Waals surface area contributed by atoms with Crippen LogP contribution in [0.2, 0.25) is 0 Å². The zero-order valence-corrected chi connectivity index (χ0v) is 6.57. The summed E-state index contributed by atoms with van der Waals surface area (Å²) in [5, 5.41) is 9.10. The third-order valence-electron chi connectivity index (χ3n) is 1.55. The molecule has 3 heteroatoms. The number of rotatable bonds is 0. The van der Waals surface area contributed by atoms with Crippen molar-refractivity contribution in [2.45, 2.75) is 6.92 Å². The van der Waals surface area contributed by atoms with E-state index >= 15 is 0 Å². The summed E-state index contributed by atoms with van der Waals surface area (Å²) in [5.74, 6) is 2.05. The largest absolute Gasteiger partial charge is 0.508 e. The molecule has 1 aromatic carbocycles. The fourth-order valence-electron chi connectivity index (χ4n) is 1.02. The average molecular weight is 164 g/mol. The van der Waals surface area contributed by atoms with Crippen LogP contribution in [0.1, 0.15) is 6.92 Å². The monoisotopic (exact) mass is 164 g/mol. The highest BCUT2D eigenvalue weighted by Gasteiger charge is 2.11. The summed E-state index contributed by atoms with van der Waals surface area (Å²) in [4.78, 5) is 0. The Morgan fingerprint density at radius 3 is 2.92 bits per heavy atom. The van der Waals surface area contributed by atoms with Crippen LogP contribution in [0.4, 0.5) is 0 Å². The second-order valence-electron chi connectivity index (χ2n) is 2.58. The lowest BCUT2D eigenvalue weighted by atomic mass is 10.3. The molecule has 1 aromatic rings. The van der Waals surface area contributed by atoms with Gasteiger partial charge in [-0.2, -0.15) is 0 Å². The maximum absolute atomic E-state index is 9.10. The third-order valence-corrected chi connectivity index (χ3v) is 1.55. The SMILES string of the molecule is CC1=COc2cc(O)ccc2O1. The number of hydrogen-bond donors (Lipinski definition) is 1. The zero-order chi connectivity index (χ0) is 8.55. The summed E-state index contributed by atoms with van der Waals surface area (Å²) in [6.45, 7) is 1.80. The Balaban J connectivity index is 2.43. The van der Waals surface area contributed by atoms with Crippen molar-refractivity contribution in [3.63, 3.8) is 0 Å². The molecule has 1 aliphatic rings. The van der Waals surface area contributed by atoms with Crippen LogP contribution in [-0.4, -0.2) is 5.11 Å². The van der Waals surface area contributed by atoms with Crippen molar-refractivity contribution in [1.29, 1.82) is 0 Å². The van der Waals surface area contributed by atoms with E-state index in [0.29, 0.717) is 17.3 Å². The van der Waals surface area contributed by atoms with Gasteiger partial charge in [-0.3, -0.25) is 0 Å². The Kier molecular flexibility index (Phi) is 1.43. The molecule has 0 aromatic heterocycles. The van der Waals surface area contributed by atoms with Gasteiger partial charge in [0.1, 0.15) is 17.8 Å².